The highest BCUT2D eigenvalue weighted by Gasteiger charge is 2.34. The second kappa shape index (κ2) is 8.55. The smallest absolute Gasteiger partial charge is 0.418 e. The van der Waals surface area contributed by atoms with Gasteiger partial charge in [0.2, 0.25) is 5.91 Å². The molecule has 140 valence electrons. The van der Waals surface area contributed by atoms with Gasteiger partial charge in [0.1, 0.15) is 11.5 Å². The summed E-state index contributed by atoms with van der Waals surface area (Å²) in [4.78, 5) is 11.9. The van der Waals surface area contributed by atoms with Crippen LogP contribution in [-0.4, -0.2) is 18.5 Å². The molecule has 0 saturated carbocycles. The molecular formula is C18H18BrF3N2O2. The van der Waals surface area contributed by atoms with Gasteiger partial charge in [0.25, 0.3) is 0 Å². The molecule has 0 aliphatic heterocycles. The number of nitrogens with one attached hydrogen (secondary N) is 2. The van der Waals surface area contributed by atoms with Crippen LogP contribution in [0.3, 0.4) is 0 Å². The molecule has 0 aliphatic rings. The van der Waals surface area contributed by atoms with E-state index in [1.807, 2.05) is 13.8 Å². The summed E-state index contributed by atoms with van der Waals surface area (Å²) < 4.78 is 46.0. The monoisotopic (exact) mass is 430 g/mol. The molecular weight excluding hydrogens is 413 g/mol. The van der Waals surface area contributed by atoms with E-state index in [4.69, 9.17) is 4.74 Å². The van der Waals surface area contributed by atoms with E-state index in [9.17, 15) is 18.0 Å². The SMILES string of the molecule is CC(C)NCC(=O)Nc1cc(Oc2ccc(Br)cc2)ccc1C(F)(F)F. The van der Waals surface area contributed by atoms with Crippen molar-refractivity contribution in [1.29, 1.82) is 0 Å². The number of anilines is 1. The molecule has 0 radical (unpaired) electrons. The van der Waals surface area contributed by atoms with E-state index in [2.05, 4.69) is 26.6 Å². The molecule has 0 aromatic heterocycles. The van der Waals surface area contributed by atoms with Crippen molar-refractivity contribution in [3.63, 3.8) is 0 Å². The highest BCUT2D eigenvalue weighted by Crippen LogP contribution is 2.37. The summed E-state index contributed by atoms with van der Waals surface area (Å²) in [5, 5.41) is 5.15. The molecule has 2 rings (SSSR count). The van der Waals surface area contributed by atoms with Crippen molar-refractivity contribution in [3.05, 3.63) is 52.5 Å². The van der Waals surface area contributed by atoms with Gasteiger partial charge in [-0.3, -0.25) is 4.79 Å². The zero-order valence-electron chi connectivity index (χ0n) is 14.2. The van der Waals surface area contributed by atoms with E-state index in [-0.39, 0.29) is 24.0 Å². The lowest BCUT2D eigenvalue weighted by Gasteiger charge is -2.16. The van der Waals surface area contributed by atoms with Crippen LogP contribution >= 0.6 is 15.9 Å². The average Bonchev–Trinajstić information content (AvgIpc) is 2.54. The van der Waals surface area contributed by atoms with Crippen molar-refractivity contribution in [2.45, 2.75) is 26.1 Å². The van der Waals surface area contributed by atoms with Gasteiger partial charge in [0.15, 0.2) is 0 Å². The van der Waals surface area contributed by atoms with E-state index in [0.29, 0.717) is 5.75 Å². The molecule has 0 unspecified atom stereocenters. The van der Waals surface area contributed by atoms with Gasteiger partial charge in [-0.1, -0.05) is 29.8 Å². The third-order valence-electron chi connectivity index (χ3n) is 3.29. The average molecular weight is 431 g/mol. The fourth-order valence-corrected chi connectivity index (χ4v) is 2.33. The van der Waals surface area contributed by atoms with Crippen molar-refractivity contribution in [2.75, 3.05) is 11.9 Å². The largest absolute Gasteiger partial charge is 0.457 e. The molecule has 8 heteroatoms. The number of halogens is 4. The van der Waals surface area contributed by atoms with Crippen molar-refractivity contribution in [2.24, 2.45) is 0 Å². The zero-order chi connectivity index (χ0) is 19.3. The molecule has 0 spiro atoms. The first-order chi connectivity index (χ1) is 12.1. The molecule has 1 amide bonds. The summed E-state index contributed by atoms with van der Waals surface area (Å²) in [6, 6.07) is 10.2. The summed E-state index contributed by atoms with van der Waals surface area (Å²) >= 11 is 3.29. The van der Waals surface area contributed by atoms with E-state index in [1.165, 1.54) is 6.07 Å². The predicted octanol–water partition coefficient (Wildman–Crippen LogP) is 5.20. The van der Waals surface area contributed by atoms with Crippen LogP contribution in [0.15, 0.2) is 46.9 Å². The summed E-state index contributed by atoms with van der Waals surface area (Å²) in [7, 11) is 0. The Kier molecular flexibility index (Phi) is 6.66. The molecule has 2 aromatic carbocycles. The number of hydrogen-bond acceptors (Lipinski definition) is 3. The summed E-state index contributed by atoms with van der Waals surface area (Å²) in [5.74, 6) is 0.0872. The minimum Gasteiger partial charge on any atom is -0.457 e. The minimum absolute atomic E-state index is 0.0370. The minimum atomic E-state index is -4.59. The molecule has 4 nitrogen and oxygen atoms in total. The number of amides is 1. The van der Waals surface area contributed by atoms with Crippen LogP contribution in [0.4, 0.5) is 18.9 Å². The zero-order valence-corrected chi connectivity index (χ0v) is 15.7. The molecule has 0 fully saturated rings. The number of hydrogen-bond donors (Lipinski definition) is 2. The van der Waals surface area contributed by atoms with E-state index in [0.717, 1.165) is 16.6 Å². The van der Waals surface area contributed by atoms with Crippen molar-refractivity contribution in [1.82, 2.24) is 5.32 Å². The topological polar surface area (TPSA) is 50.4 Å². The molecule has 0 heterocycles. The second-order valence-corrected chi connectivity index (χ2v) is 6.76. The highest BCUT2D eigenvalue weighted by atomic mass is 79.9. The quantitative estimate of drug-likeness (QED) is 0.662. The van der Waals surface area contributed by atoms with Crippen molar-refractivity contribution >= 4 is 27.5 Å². The Balaban J connectivity index is 2.24. The van der Waals surface area contributed by atoms with Gasteiger partial charge in [-0.2, -0.15) is 13.2 Å². The third-order valence-corrected chi connectivity index (χ3v) is 3.82. The maximum absolute atomic E-state index is 13.2. The lowest BCUT2D eigenvalue weighted by Crippen LogP contribution is -2.33. The number of alkyl halides is 3. The van der Waals surface area contributed by atoms with E-state index >= 15 is 0 Å². The number of ether oxygens (including phenoxy) is 1. The summed E-state index contributed by atoms with van der Waals surface area (Å²) in [6.45, 7) is 3.58. The van der Waals surface area contributed by atoms with Gasteiger partial charge < -0.3 is 15.4 Å². The Bertz CT molecular complexity index is 762. The Morgan fingerprint density at radius 3 is 2.31 bits per heavy atom. The predicted molar refractivity (Wildman–Crippen MR) is 97.4 cm³/mol. The maximum Gasteiger partial charge on any atom is 0.418 e. The van der Waals surface area contributed by atoms with Crippen LogP contribution in [0, 0.1) is 0 Å². The van der Waals surface area contributed by atoms with Crippen molar-refractivity contribution < 1.29 is 22.7 Å². The molecule has 2 N–H and O–H groups in total. The third kappa shape index (κ3) is 6.03. The molecule has 26 heavy (non-hydrogen) atoms. The Morgan fingerprint density at radius 2 is 1.73 bits per heavy atom. The highest BCUT2D eigenvalue weighted by molar-refractivity contribution is 9.10. The number of benzene rings is 2. The fraction of sp³-hybridized carbons (Fsp3) is 0.278. The first kappa shape index (κ1) is 20.3. The first-order valence-electron chi connectivity index (χ1n) is 7.83. The van der Waals surface area contributed by atoms with Crippen LogP contribution in [0.2, 0.25) is 0 Å². The van der Waals surface area contributed by atoms with Crippen LogP contribution < -0.4 is 15.4 Å². The van der Waals surface area contributed by atoms with Gasteiger partial charge in [0, 0.05) is 16.6 Å². The van der Waals surface area contributed by atoms with Gasteiger partial charge in [-0.15, -0.1) is 0 Å². The van der Waals surface area contributed by atoms with Crippen molar-refractivity contribution in [3.8, 4) is 11.5 Å². The maximum atomic E-state index is 13.2. The number of rotatable bonds is 6. The number of carbonyl (C=O) groups excluding carboxylic acids is 1. The molecule has 0 saturated heterocycles. The van der Waals surface area contributed by atoms with Crippen LogP contribution in [-0.2, 0) is 11.0 Å². The number of carbonyl (C=O) groups is 1. The Morgan fingerprint density at radius 1 is 1.12 bits per heavy atom. The van der Waals surface area contributed by atoms with Gasteiger partial charge in [-0.05, 0) is 36.4 Å². The van der Waals surface area contributed by atoms with E-state index < -0.39 is 17.6 Å². The normalized spacial score (nSPS) is 11.5. The lowest BCUT2D eigenvalue weighted by atomic mass is 10.1. The molecule has 0 bridgehead atoms. The summed E-state index contributed by atoms with van der Waals surface area (Å²) in [5.41, 5.74) is -1.28. The summed E-state index contributed by atoms with van der Waals surface area (Å²) in [6.07, 6.45) is -4.59. The molecule has 0 atom stereocenters. The van der Waals surface area contributed by atoms with Gasteiger partial charge in [0.05, 0.1) is 17.8 Å². The fourth-order valence-electron chi connectivity index (χ4n) is 2.07. The van der Waals surface area contributed by atoms with Crippen LogP contribution in [0.25, 0.3) is 0 Å². The first-order valence-corrected chi connectivity index (χ1v) is 8.62. The van der Waals surface area contributed by atoms with Gasteiger partial charge in [-0.25, -0.2) is 0 Å². The standard InChI is InChI=1S/C18H18BrF3N2O2/c1-11(2)23-10-17(25)24-16-9-14(7-8-15(16)18(20,21)22)26-13-5-3-12(19)4-6-13/h3-9,11,23H,10H2,1-2H3,(H,24,25). The van der Waals surface area contributed by atoms with Crippen LogP contribution in [0.1, 0.15) is 19.4 Å². The van der Waals surface area contributed by atoms with Crippen LogP contribution in [0.5, 0.6) is 11.5 Å². The van der Waals surface area contributed by atoms with Gasteiger partial charge >= 0.3 is 6.18 Å². The molecule has 0 aliphatic carbocycles. The lowest BCUT2D eigenvalue weighted by molar-refractivity contribution is -0.137. The van der Waals surface area contributed by atoms with E-state index in [1.54, 1.807) is 24.3 Å². The second-order valence-electron chi connectivity index (χ2n) is 5.84. The Labute approximate surface area is 157 Å². The Hall–Kier alpha value is -2.06. The molecule has 2 aromatic rings.